The lowest BCUT2D eigenvalue weighted by Crippen LogP contribution is -2.31. The minimum Gasteiger partial charge on any atom is -0.329 e. The van der Waals surface area contributed by atoms with Crippen molar-refractivity contribution in [2.75, 3.05) is 0 Å². The molecule has 0 saturated heterocycles. The van der Waals surface area contributed by atoms with Gasteiger partial charge in [-0.3, -0.25) is 14.3 Å². The summed E-state index contributed by atoms with van der Waals surface area (Å²) in [7, 11) is 0. The summed E-state index contributed by atoms with van der Waals surface area (Å²) in [6.45, 7) is 2.32. The van der Waals surface area contributed by atoms with E-state index in [1.807, 2.05) is 6.92 Å². The van der Waals surface area contributed by atoms with E-state index in [0.29, 0.717) is 23.5 Å². The third-order valence-electron chi connectivity index (χ3n) is 3.94. The quantitative estimate of drug-likeness (QED) is 0.827. The molecule has 0 spiro atoms. The van der Waals surface area contributed by atoms with Gasteiger partial charge in [-0.15, -0.1) is 0 Å². The van der Waals surface area contributed by atoms with Gasteiger partial charge in [-0.25, -0.2) is 9.78 Å². The number of rotatable bonds is 2. The van der Waals surface area contributed by atoms with Gasteiger partial charge in [0.1, 0.15) is 21.5 Å². The Kier molecular flexibility index (Phi) is 3.29. The molecule has 0 unspecified atom stereocenters. The number of aromatic nitrogens is 4. The fraction of sp³-hybridized carbons (Fsp3) is 0.538. The molecule has 20 heavy (non-hydrogen) atoms. The van der Waals surface area contributed by atoms with E-state index < -0.39 is 11.2 Å². The molecular formula is C13H16N4O2S. The van der Waals surface area contributed by atoms with Gasteiger partial charge >= 0.3 is 5.69 Å². The van der Waals surface area contributed by atoms with Crippen molar-refractivity contribution in [3.05, 3.63) is 31.3 Å². The largest absolute Gasteiger partial charge is 0.329 e. The lowest BCUT2D eigenvalue weighted by molar-refractivity contribution is 0.657. The van der Waals surface area contributed by atoms with E-state index in [1.54, 1.807) is 0 Å². The van der Waals surface area contributed by atoms with Crippen LogP contribution >= 0.6 is 12.2 Å². The minimum absolute atomic E-state index is 0.268. The molecule has 2 aromatic heterocycles. The summed E-state index contributed by atoms with van der Waals surface area (Å²) in [6.07, 6.45) is 4.51. The molecule has 1 aliphatic rings. The highest BCUT2D eigenvalue weighted by Crippen LogP contribution is 2.32. The van der Waals surface area contributed by atoms with E-state index in [-0.39, 0.29) is 4.64 Å². The molecule has 0 bridgehead atoms. The Morgan fingerprint density at radius 3 is 2.65 bits per heavy atom. The van der Waals surface area contributed by atoms with Crippen LogP contribution in [0.4, 0.5) is 0 Å². The van der Waals surface area contributed by atoms with Crippen LogP contribution in [0.25, 0.3) is 11.0 Å². The Hall–Kier alpha value is -1.76. The van der Waals surface area contributed by atoms with Gasteiger partial charge in [-0.05, 0) is 19.8 Å². The monoisotopic (exact) mass is 292 g/mol. The lowest BCUT2D eigenvalue weighted by atomic mass is 10.1. The molecule has 106 valence electrons. The Morgan fingerprint density at radius 2 is 2.00 bits per heavy atom. The molecule has 6 nitrogen and oxygen atoms in total. The first-order valence-corrected chi connectivity index (χ1v) is 7.29. The minimum atomic E-state index is -0.471. The van der Waals surface area contributed by atoms with Gasteiger partial charge in [0.25, 0.3) is 5.56 Å². The van der Waals surface area contributed by atoms with Crippen LogP contribution in [0.2, 0.25) is 0 Å². The van der Waals surface area contributed by atoms with Gasteiger partial charge in [-0.1, -0.05) is 25.1 Å². The second-order valence-electron chi connectivity index (χ2n) is 5.14. The first-order chi connectivity index (χ1) is 9.61. The molecular weight excluding hydrogens is 276 g/mol. The molecule has 2 heterocycles. The van der Waals surface area contributed by atoms with E-state index >= 15 is 0 Å². The van der Waals surface area contributed by atoms with E-state index in [2.05, 4.69) is 15.0 Å². The molecule has 7 heteroatoms. The van der Waals surface area contributed by atoms with Crippen LogP contribution in [0.1, 0.15) is 44.3 Å². The smallest absolute Gasteiger partial charge is 0.329 e. The molecule has 0 aliphatic heterocycles. The van der Waals surface area contributed by atoms with Crippen LogP contribution in [-0.2, 0) is 6.54 Å². The standard InChI is InChI=1S/C13H16N4O2S/c1-2-17-10-8(11(18)16-13(17)19)12(20)15-9(14-10)7-5-3-4-6-7/h7H,2-6H2,1H3,(H,14,15,20)(H,16,18,19). The normalized spacial score (nSPS) is 16.1. The number of aromatic amines is 2. The zero-order valence-electron chi connectivity index (χ0n) is 11.2. The number of hydrogen-bond donors (Lipinski definition) is 2. The number of hydrogen-bond acceptors (Lipinski definition) is 4. The fourth-order valence-corrected chi connectivity index (χ4v) is 3.20. The van der Waals surface area contributed by atoms with Crippen LogP contribution in [0, 0.1) is 4.64 Å². The average molecular weight is 292 g/mol. The second kappa shape index (κ2) is 4.97. The Labute approximate surface area is 119 Å². The van der Waals surface area contributed by atoms with Gasteiger partial charge in [0.05, 0.1) is 0 Å². The molecule has 1 aliphatic carbocycles. The highest BCUT2D eigenvalue weighted by atomic mass is 32.1. The van der Waals surface area contributed by atoms with Crippen LogP contribution in [0.15, 0.2) is 9.59 Å². The number of aryl methyl sites for hydroxylation is 1. The van der Waals surface area contributed by atoms with E-state index in [1.165, 1.54) is 17.4 Å². The second-order valence-corrected chi connectivity index (χ2v) is 5.52. The van der Waals surface area contributed by atoms with Crippen LogP contribution in [0.3, 0.4) is 0 Å². The molecule has 2 aromatic rings. The maximum atomic E-state index is 11.9. The highest BCUT2D eigenvalue weighted by molar-refractivity contribution is 7.71. The summed E-state index contributed by atoms with van der Waals surface area (Å²) in [5.41, 5.74) is -0.399. The molecule has 1 saturated carbocycles. The van der Waals surface area contributed by atoms with Crippen LogP contribution < -0.4 is 11.2 Å². The van der Waals surface area contributed by atoms with Crippen LogP contribution in [-0.4, -0.2) is 19.5 Å². The van der Waals surface area contributed by atoms with Gasteiger partial charge in [0, 0.05) is 12.5 Å². The molecule has 3 rings (SSSR count). The predicted octanol–water partition coefficient (Wildman–Crippen LogP) is 1.82. The average Bonchev–Trinajstić information content (AvgIpc) is 2.91. The van der Waals surface area contributed by atoms with Gasteiger partial charge < -0.3 is 4.98 Å². The van der Waals surface area contributed by atoms with Crippen molar-refractivity contribution in [3.63, 3.8) is 0 Å². The van der Waals surface area contributed by atoms with Crippen molar-refractivity contribution >= 4 is 23.3 Å². The summed E-state index contributed by atoms with van der Waals surface area (Å²) >= 11 is 5.25. The predicted molar refractivity (Wildman–Crippen MR) is 78.7 cm³/mol. The topological polar surface area (TPSA) is 83.5 Å². The lowest BCUT2D eigenvalue weighted by Gasteiger charge is -2.12. The number of H-pyrrole nitrogens is 2. The van der Waals surface area contributed by atoms with Crippen molar-refractivity contribution < 1.29 is 0 Å². The maximum Gasteiger partial charge on any atom is 0.329 e. The first kappa shape index (κ1) is 13.2. The SMILES string of the molecule is CCn1c(=O)[nH]c(=O)c2c(=S)nc(C3CCCC3)[nH]c21. The maximum absolute atomic E-state index is 11.9. The third kappa shape index (κ3) is 2.02. The fourth-order valence-electron chi connectivity index (χ4n) is 2.91. The van der Waals surface area contributed by atoms with Crippen molar-refractivity contribution in [2.45, 2.75) is 45.1 Å². The van der Waals surface area contributed by atoms with Crippen LogP contribution in [0.5, 0.6) is 0 Å². The Bertz CT molecular complexity index is 827. The van der Waals surface area contributed by atoms with Gasteiger partial charge in [0.15, 0.2) is 0 Å². The third-order valence-corrected chi connectivity index (χ3v) is 4.24. The number of nitrogens with one attached hydrogen (secondary N) is 2. The molecule has 1 fully saturated rings. The molecule has 0 radical (unpaired) electrons. The van der Waals surface area contributed by atoms with E-state index in [0.717, 1.165) is 18.7 Å². The summed E-state index contributed by atoms with van der Waals surface area (Å²) < 4.78 is 1.76. The number of fused-ring (bicyclic) bond motifs is 1. The van der Waals surface area contributed by atoms with Crippen molar-refractivity contribution in [1.29, 1.82) is 0 Å². The first-order valence-electron chi connectivity index (χ1n) is 6.89. The van der Waals surface area contributed by atoms with Crippen molar-refractivity contribution in [2.24, 2.45) is 0 Å². The van der Waals surface area contributed by atoms with Gasteiger partial charge in [-0.2, -0.15) is 0 Å². The van der Waals surface area contributed by atoms with E-state index in [9.17, 15) is 9.59 Å². The van der Waals surface area contributed by atoms with Crippen molar-refractivity contribution in [3.8, 4) is 0 Å². The molecule has 0 aromatic carbocycles. The van der Waals surface area contributed by atoms with Gasteiger partial charge in [0.2, 0.25) is 0 Å². The molecule has 2 N–H and O–H groups in total. The van der Waals surface area contributed by atoms with Crippen molar-refractivity contribution in [1.82, 2.24) is 19.5 Å². The summed E-state index contributed by atoms with van der Waals surface area (Å²) in [6, 6.07) is 0. The summed E-state index contributed by atoms with van der Waals surface area (Å²) in [5.74, 6) is 1.15. The van der Waals surface area contributed by atoms with E-state index in [4.69, 9.17) is 12.2 Å². The summed E-state index contributed by atoms with van der Waals surface area (Å²) in [4.78, 5) is 33.6. The highest BCUT2D eigenvalue weighted by Gasteiger charge is 2.21. The molecule has 0 atom stereocenters. The Morgan fingerprint density at radius 1 is 1.30 bits per heavy atom. The summed E-state index contributed by atoms with van der Waals surface area (Å²) in [5, 5.41) is 0.295. The number of nitrogens with zero attached hydrogens (tertiary/aromatic N) is 2. The Balaban J connectivity index is 2.37. The molecule has 0 amide bonds. The zero-order valence-corrected chi connectivity index (χ0v) is 12.0. The zero-order chi connectivity index (χ0) is 14.3.